The third kappa shape index (κ3) is 5.25. The standard InChI is InChI=1S/C24H25N3O5S/c1-31-18-7-10-20(11-8-18)33(29,30)27-22-12-9-19(32-2)14-21(22)24(28)26-23(16-5-6-16)17-4-3-13-25-15-17/h3-4,7-16,23,27H,5-6H2,1-2H3,(H,26,28). The molecule has 1 aliphatic rings. The van der Waals surface area contributed by atoms with Crippen LogP contribution in [0.15, 0.2) is 71.9 Å². The van der Waals surface area contributed by atoms with E-state index in [1.807, 2.05) is 12.1 Å². The summed E-state index contributed by atoms with van der Waals surface area (Å²) in [5.74, 6) is 0.905. The molecule has 1 unspecified atom stereocenters. The Balaban J connectivity index is 1.63. The van der Waals surface area contributed by atoms with Crippen molar-refractivity contribution in [1.82, 2.24) is 10.3 Å². The van der Waals surface area contributed by atoms with Gasteiger partial charge in [0.2, 0.25) is 0 Å². The van der Waals surface area contributed by atoms with E-state index in [1.54, 1.807) is 30.6 Å². The molecule has 1 aromatic heterocycles. The second kappa shape index (κ2) is 9.50. The zero-order chi connectivity index (χ0) is 23.4. The smallest absolute Gasteiger partial charge is 0.261 e. The molecule has 1 atom stereocenters. The SMILES string of the molecule is COc1ccc(S(=O)(=O)Nc2ccc(OC)cc2C(=O)NC(c2cccnc2)C2CC2)cc1. The van der Waals surface area contributed by atoms with E-state index in [9.17, 15) is 13.2 Å². The molecule has 0 spiro atoms. The van der Waals surface area contributed by atoms with Crippen molar-refractivity contribution >= 4 is 21.6 Å². The molecule has 33 heavy (non-hydrogen) atoms. The van der Waals surface area contributed by atoms with Gasteiger partial charge in [-0.1, -0.05) is 6.07 Å². The third-order valence-electron chi connectivity index (χ3n) is 5.51. The maximum atomic E-state index is 13.3. The number of aromatic nitrogens is 1. The van der Waals surface area contributed by atoms with Crippen LogP contribution >= 0.6 is 0 Å². The van der Waals surface area contributed by atoms with Crippen LogP contribution in [-0.2, 0) is 10.0 Å². The van der Waals surface area contributed by atoms with Gasteiger partial charge in [-0.15, -0.1) is 0 Å². The summed E-state index contributed by atoms with van der Waals surface area (Å²) in [6, 6.07) is 14.2. The van der Waals surface area contributed by atoms with E-state index in [0.29, 0.717) is 17.4 Å². The first-order valence-corrected chi connectivity index (χ1v) is 12.0. The first-order chi connectivity index (χ1) is 15.9. The van der Waals surface area contributed by atoms with E-state index in [2.05, 4.69) is 15.0 Å². The summed E-state index contributed by atoms with van der Waals surface area (Å²) < 4.78 is 38.8. The van der Waals surface area contributed by atoms with Crippen LogP contribution in [0.4, 0.5) is 5.69 Å². The van der Waals surface area contributed by atoms with Gasteiger partial charge in [0.25, 0.3) is 15.9 Å². The molecule has 1 aliphatic carbocycles. The maximum absolute atomic E-state index is 13.3. The quantitative estimate of drug-likeness (QED) is 0.496. The number of hydrogen-bond acceptors (Lipinski definition) is 6. The Hall–Kier alpha value is -3.59. The number of anilines is 1. The van der Waals surface area contributed by atoms with Crippen molar-refractivity contribution in [3.63, 3.8) is 0 Å². The van der Waals surface area contributed by atoms with Crippen LogP contribution in [0.1, 0.15) is 34.8 Å². The number of benzene rings is 2. The largest absolute Gasteiger partial charge is 0.497 e. The number of pyridine rings is 1. The number of carbonyl (C=O) groups excluding carboxylic acids is 1. The molecular formula is C24H25N3O5S. The second-order valence-corrected chi connectivity index (χ2v) is 9.45. The molecule has 172 valence electrons. The molecule has 1 fully saturated rings. The molecule has 4 rings (SSSR count). The number of amides is 1. The van der Waals surface area contributed by atoms with Crippen molar-refractivity contribution in [3.05, 3.63) is 78.1 Å². The van der Waals surface area contributed by atoms with Crippen molar-refractivity contribution in [2.45, 2.75) is 23.8 Å². The molecule has 8 nitrogen and oxygen atoms in total. The molecule has 9 heteroatoms. The van der Waals surface area contributed by atoms with Gasteiger partial charge >= 0.3 is 0 Å². The highest BCUT2D eigenvalue weighted by Gasteiger charge is 2.34. The van der Waals surface area contributed by atoms with Gasteiger partial charge in [-0.2, -0.15) is 0 Å². The molecule has 0 saturated heterocycles. The minimum atomic E-state index is -3.93. The summed E-state index contributed by atoms with van der Waals surface area (Å²) in [6.45, 7) is 0. The number of rotatable bonds is 9. The van der Waals surface area contributed by atoms with Crippen molar-refractivity contribution in [2.24, 2.45) is 5.92 Å². The van der Waals surface area contributed by atoms with Crippen molar-refractivity contribution in [3.8, 4) is 11.5 Å². The van der Waals surface area contributed by atoms with Crippen molar-refractivity contribution in [1.29, 1.82) is 0 Å². The van der Waals surface area contributed by atoms with Crippen LogP contribution in [0.25, 0.3) is 0 Å². The Morgan fingerprint density at radius 2 is 1.73 bits per heavy atom. The summed E-state index contributed by atoms with van der Waals surface area (Å²) in [6.07, 6.45) is 5.44. The molecule has 2 aromatic carbocycles. The summed E-state index contributed by atoms with van der Waals surface area (Å²) in [7, 11) is -0.944. The van der Waals surface area contributed by atoms with Gasteiger partial charge in [0.05, 0.1) is 36.4 Å². The fraction of sp³-hybridized carbons (Fsp3) is 0.250. The van der Waals surface area contributed by atoms with Gasteiger partial charge < -0.3 is 14.8 Å². The molecule has 3 aromatic rings. The predicted octanol–water partition coefficient (Wildman–Crippen LogP) is 3.78. The van der Waals surface area contributed by atoms with Gasteiger partial charge in [-0.05, 0) is 72.9 Å². The van der Waals surface area contributed by atoms with E-state index in [1.165, 1.54) is 38.5 Å². The van der Waals surface area contributed by atoms with Gasteiger partial charge in [0.1, 0.15) is 11.5 Å². The fourth-order valence-corrected chi connectivity index (χ4v) is 4.65. The zero-order valence-corrected chi connectivity index (χ0v) is 19.1. The van der Waals surface area contributed by atoms with E-state index >= 15 is 0 Å². The monoisotopic (exact) mass is 467 g/mol. The third-order valence-corrected chi connectivity index (χ3v) is 6.89. The number of carbonyl (C=O) groups is 1. The lowest BCUT2D eigenvalue weighted by Gasteiger charge is -2.20. The molecule has 0 aliphatic heterocycles. The summed E-state index contributed by atoms with van der Waals surface area (Å²) >= 11 is 0. The Morgan fingerprint density at radius 1 is 1.03 bits per heavy atom. The van der Waals surface area contributed by atoms with Crippen LogP contribution in [0.5, 0.6) is 11.5 Å². The zero-order valence-electron chi connectivity index (χ0n) is 18.3. The van der Waals surface area contributed by atoms with Crippen molar-refractivity contribution in [2.75, 3.05) is 18.9 Å². The average molecular weight is 468 g/mol. The molecule has 0 bridgehead atoms. The van der Waals surface area contributed by atoms with E-state index in [4.69, 9.17) is 9.47 Å². The molecule has 1 saturated carbocycles. The summed E-state index contributed by atoms with van der Waals surface area (Å²) in [5, 5.41) is 3.06. The van der Waals surface area contributed by atoms with Crippen LogP contribution in [-0.4, -0.2) is 33.5 Å². The average Bonchev–Trinajstić information content (AvgIpc) is 3.68. The van der Waals surface area contributed by atoms with Gasteiger partial charge in [-0.3, -0.25) is 14.5 Å². The maximum Gasteiger partial charge on any atom is 0.261 e. The van der Waals surface area contributed by atoms with Gasteiger partial charge in [0.15, 0.2) is 0 Å². The van der Waals surface area contributed by atoms with E-state index in [0.717, 1.165) is 18.4 Å². The Bertz CT molecular complexity index is 1230. The Morgan fingerprint density at radius 3 is 2.33 bits per heavy atom. The molecule has 1 heterocycles. The van der Waals surface area contributed by atoms with Crippen LogP contribution < -0.4 is 19.5 Å². The molecule has 2 N–H and O–H groups in total. The lowest BCUT2D eigenvalue weighted by atomic mass is 10.0. The minimum absolute atomic E-state index is 0.0525. The van der Waals surface area contributed by atoms with E-state index < -0.39 is 15.9 Å². The Labute approximate surface area is 193 Å². The number of nitrogens with zero attached hydrogens (tertiary/aromatic N) is 1. The highest BCUT2D eigenvalue weighted by atomic mass is 32.2. The lowest BCUT2D eigenvalue weighted by molar-refractivity contribution is 0.0932. The molecule has 1 amide bonds. The van der Waals surface area contributed by atoms with Crippen LogP contribution in [0.3, 0.4) is 0 Å². The normalized spacial score (nSPS) is 14.2. The number of methoxy groups -OCH3 is 2. The summed E-state index contributed by atoms with van der Waals surface area (Å²) in [5.41, 5.74) is 1.24. The number of hydrogen-bond donors (Lipinski definition) is 2. The second-order valence-electron chi connectivity index (χ2n) is 7.77. The lowest BCUT2D eigenvalue weighted by Crippen LogP contribution is -2.31. The van der Waals surface area contributed by atoms with Crippen LogP contribution in [0, 0.1) is 5.92 Å². The first-order valence-electron chi connectivity index (χ1n) is 10.5. The summed E-state index contributed by atoms with van der Waals surface area (Å²) in [4.78, 5) is 17.5. The highest BCUT2D eigenvalue weighted by molar-refractivity contribution is 7.92. The number of nitrogens with one attached hydrogen (secondary N) is 2. The van der Waals surface area contributed by atoms with Crippen molar-refractivity contribution < 1.29 is 22.7 Å². The topological polar surface area (TPSA) is 107 Å². The molecule has 0 radical (unpaired) electrons. The predicted molar refractivity (Wildman–Crippen MR) is 124 cm³/mol. The first kappa shape index (κ1) is 22.6. The molecular weight excluding hydrogens is 442 g/mol. The number of ether oxygens (including phenoxy) is 2. The number of sulfonamides is 1. The Kier molecular flexibility index (Phi) is 6.50. The van der Waals surface area contributed by atoms with Gasteiger partial charge in [-0.25, -0.2) is 8.42 Å². The van der Waals surface area contributed by atoms with Crippen LogP contribution in [0.2, 0.25) is 0 Å². The van der Waals surface area contributed by atoms with E-state index in [-0.39, 0.29) is 22.2 Å². The van der Waals surface area contributed by atoms with Gasteiger partial charge in [0, 0.05) is 12.4 Å². The minimum Gasteiger partial charge on any atom is -0.497 e. The highest BCUT2D eigenvalue weighted by Crippen LogP contribution is 2.41. The fourth-order valence-electron chi connectivity index (χ4n) is 3.57.